The van der Waals surface area contributed by atoms with Gasteiger partial charge in [-0.3, -0.25) is 0 Å². The first-order valence-corrected chi connectivity index (χ1v) is 7.86. The third-order valence-electron chi connectivity index (χ3n) is 3.28. The van der Waals surface area contributed by atoms with Crippen LogP contribution in [-0.2, 0) is 11.2 Å². The lowest BCUT2D eigenvalue weighted by Gasteiger charge is -2.11. The number of rotatable bonds is 5. The maximum Gasteiger partial charge on any atom is 0.130 e. The van der Waals surface area contributed by atoms with E-state index in [-0.39, 0.29) is 6.42 Å². The van der Waals surface area contributed by atoms with Gasteiger partial charge in [-0.05, 0) is 23.8 Å². The molecule has 112 valence electrons. The first kappa shape index (κ1) is 14.5. The van der Waals surface area contributed by atoms with Gasteiger partial charge in [-0.25, -0.2) is 4.98 Å². The average molecular weight is 312 g/mol. The molecule has 0 amide bonds. The molecule has 0 spiro atoms. The van der Waals surface area contributed by atoms with Gasteiger partial charge in [0, 0.05) is 17.8 Å². The van der Waals surface area contributed by atoms with E-state index in [4.69, 9.17) is 4.74 Å². The van der Waals surface area contributed by atoms with Crippen molar-refractivity contribution >= 4 is 28.1 Å². The molecule has 0 atom stereocenters. The molecule has 0 aliphatic heterocycles. The summed E-state index contributed by atoms with van der Waals surface area (Å²) in [6.07, 6.45) is -0.175. The smallest absolute Gasteiger partial charge is 0.130 e. The van der Waals surface area contributed by atoms with Gasteiger partial charge in [0.25, 0.3) is 0 Å². The molecule has 3 aromatic rings. The predicted molar refractivity (Wildman–Crippen MR) is 84.9 cm³/mol. The van der Waals surface area contributed by atoms with Gasteiger partial charge in [-0.15, -0.1) is 11.3 Å². The van der Waals surface area contributed by atoms with Crippen LogP contribution in [-0.4, -0.2) is 17.6 Å². The number of carboxylic acid groups (broad SMARTS) is 1. The van der Waals surface area contributed by atoms with Crippen molar-refractivity contribution in [1.29, 1.82) is 0 Å². The van der Waals surface area contributed by atoms with Crippen molar-refractivity contribution in [2.24, 2.45) is 0 Å². The van der Waals surface area contributed by atoms with E-state index < -0.39 is 5.97 Å². The SMILES string of the molecule is CCOc1ccc2ccccc2c1-c1nc(CC(=O)[O-])cs1. The van der Waals surface area contributed by atoms with Crippen LogP contribution in [0.25, 0.3) is 21.3 Å². The summed E-state index contributed by atoms with van der Waals surface area (Å²) < 4.78 is 5.73. The molecule has 4 nitrogen and oxygen atoms in total. The number of carbonyl (C=O) groups excluding carboxylic acids is 1. The number of benzene rings is 2. The minimum absolute atomic E-state index is 0.175. The van der Waals surface area contributed by atoms with Gasteiger partial charge in [-0.1, -0.05) is 30.3 Å². The van der Waals surface area contributed by atoms with E-state index in [0.29, 0.717) is 12.3 Å². The summed E-state index contributed by atoms with van der Waals surface area (Å²) in [5.74, 6) is -0.365. The molecule has 0 saturated heterocycles. The number of carbonyl (C=O) groups is 1. The van der Waals surface area contributed by atoms with Crippen molar-refractivity contribution in [3.8, 4) is 16.3 Å². The highest BCUT2D eigenvalue weighted by Gasteiger charge is 2.14. The van der Waals surface area contributed by atoms with Crippen LogP contribution in [0.2, 0.25) is 0 Å². The van der Waals surface area contributed by atoms with E-state index in [0.717, 1.165) is 27.1 Å². The van der Waals surface area contributed by atoms with Crippen LogP contribution in [0.15, 0.2) is 41.8 Å². The van der Waals surface area contributed by atoms with Crippen molar-refractivity contribution in [3.05, 3.63) is 47.5 Å². The average Bonchev–Trinajstić information content (AvgIpc) is 2.94. The second-order valence-corrected chi connectivity index (χ2v) is 5.64. The van der Waals surface area contributed by atoms with Crippen LogP contribution in [0.5, 0.6) is 5.75 Å². The zero-order valence-electron chi connectivity index (χ0n) is 12.0. The van der Waals surface area contributed by atoms with E-state index in [1.807, 2.05) is 43.3 Å². The van der Waals surface area contributed by atoms with Crippen LogP contribution in [0.1, 0.15) is 12.6 Å². The summed E-state index contributed by atoms with van der Waals surface area (Å²) in [6, 6.07) is 11.9. The Bertz CT molecular complexity index is 826. The molecular formula is C17H14NO3S-. The standard InChI is InChI=1S/C17H15NO3S/c1-2-21-14-8-7-11-5-3-4-6-13(11)16(14)17-18-12(10-22-17)9-15(19)20/h3-8,10H,2,9H2,1H3,(H,19,20)/p-1. The molecule has 3 rings (SSSR count). The Kier molecular flexibility index (Phi) is 4.06. The molecule has 0 saturated carbocycles. The quantitative estimate of drug-likeness (QED) is 0.726. The second kappa shape index (κ2) is 6.15. The van der Waals surface area contributed by atoms with Gasteiger partial charge in [0.05, 0.1) is 17.9 Å². The molecular weight excluding hydrogens is 298 g/mol. The Labute approximate surface area is 132 Å². The van der Waals surface area contributed by atoms with E-state index in [1.54, 1.807) is 5.38 Å². The molecule has 0 bridgehead atoms. The van der Waals surface area contributed by atoms with Gasteiger partial charge < -0.3 is 14.6 Å². The summed E-state index contributed by atoms with van der Waals surface area (Å²) in [7, 11) is 0. The first-order valence-electron chi connectivity index (χ1n) is 6.98. The maximum absolute atomic E-state index is 10.7. The summed E-state index contributed by atoms with van der Waals surface area (Å²) in [4.78, 5) is 15.2. The molecule has 0 fully saturated rings. The number of aromatic nitrogens is 1. The Morgan fingerprint density at radius 3 is 2.86 bits per heavy atom. The van der Waals surface area contributed by atoms with Crippen molar-refractivity contribution in [3.63, 3.8) is 0 Å². The number of hydrogen-bond donors (Lipinski definition) is 0. The molecule has 0 aliphatic rings. The highest BCUT2D eigenvalue weighted by Crippen LogP contribution is 2.38. The molecule has 0 unspecified atom stereocenters. The fourth-order valence-electron chi connectivity index (χ4n) is 2.40. The first-order chi connectivity index (χ1) is 10.7. The Morgan fingerprint density at radius 2 is 2.09 bits per heavy atom. The van der Waals surface area contributed by atoms with Crippen molar-refractivity contribution < 1.29 is 14.6 Å². The highest BCUT2D eigenvalue weighted by atomic mass is 32.1. The summed E-state index contributed by atoms with van der Waals surface area (Å²) in [5, 5.41) is 15.4. The van der Waals surface area contributed by atoms with Gasteiger partial charge in [0.15, 0.2) is 0 Å². The van der Waals surface area contributed by atoms with Crippen LogP contribution in [0.3, 0.4) is 0 Å². The molecule has 0 N–H and O–H groups in total. The largest absolute Gasteiger partial charge is 0.550 e. The molecule has 22 heavy (non-hydrogen) atoms. The lowest BCUT2D eigenvalue weighted by molar-refractivity contribution is -0.304. The number of nitrogens with zero attached hydrogens (tertiary/aromatic N) is 1. The van der Waals surface area contributed by atoms with Crippen LogP contribution < -0.4 is 9.84 Å². The molecule has 1 aromatic heterocycles. The maximum atomic E-state index is 10.7. The Morgan fingerprint density at radius 1 is 1.27 bits per heavy atom. The lowest BCUT2D eigenvalue weighted by Crippen LogP contribution is -2.24. The highest BCUT2D eigenvalue weighted by molar-refractivity contribution is 7.13. The van der Waals surface area contributed by atoms with Gasteiger partial charge >= 0.3 is 0 Å². The summed E-state index contributed by atoms with van der Waals surface area (Å²) in [5.41, 5.74) is 1.42. The van der Waals surface area contributed by atoms with Crippen LogP contribution in [0, 0.1) is 0 Å². The number of aliphatic carboxylic acids is 1. The number of hydrogen-bond acceptors (Lipinski definition) is 5. The van der Waals surface area contributed by atoms with E-state index >= 15 is 0 Å². The normalized spacial score (nSPS) is 10.8. The molecule has 1 heterocycles. The summed E-state index contributed by atoms with van der Waals surface area (Å²) >= 11 is 1.42. The molecule has 0 aliphatic carbocycles. The van der Waals surface area contributed by atoms with Crippen molar-refractivity contribution in [2.75, 3.05) is 6.61 Å². The second-order valence-electron chi connectivity index (χ2n) is 4.79. The monoisotopic (exact) mass is 312 g/mol. The topological polar surface area (TPSA) is 62.2 Å². The van der Waals surface area contributed by atoms with Crippen LogP contribution in [0.4, 0.5) is 0 Å². The molecule has 5 heteroatoms. The summed E-state index contributed by atoms with van der Waals surface area (Å²) in [6.45, 7) is 2.49. The van der Waals surface area contributed by atoms with Crippen molar-refractivity contribution in [2.45, 2.75) is 13.3 Å². The van der Waals surface area contributed by atoms with Gasteiger partial charge in [-0.2, -0.15) is 0 Å². The third-order valence-corrected chi connectivity index (χ3v) is 4.19. The lowest BCUT2D eigenvalue weighted by atomic mass is 10.0. The van der Waals surface area contributed by atoms with Crippen molar-refractivity contribution in [1.82, 2.24) is 4.98 Å². The minimum Gasteiger partial charge on any atom is -0.550 e. The third kappa shape index (κ3) is 2.80. The Hall–Kier alpha value is -2.40. The molecule has 0 radical (unpaired) electrons. The van der Waals surface area contributed by atoms with Gasteiger partial charge in [0.2, 0.25) is 0 Å². The zero-order valence-corrected chi connectivity index (χ0v) is 12.9. The van der Waals surface area contributed by atoms with E-state index in [2.05, 4.69) is 4.98 Å². The number of thiazole rings is 1. The van der Waals surface area contributed by atoms with Gasteiger partial charge in [0.1, 0.15) is 10.8 Å². The number of fused-ring (bicyclic) bond motifs is 1. The fourth-order valence-corrected chi connectivity index (χ4v) is 3.28. The zero-order chi connectivity index (χ0) is 15.5. The molecule has 2 aromatic carbocycles. The minimum atomic E-state index is -1.13. The number of carboxylic acids is 1. The van der Waals surface area contributed by atoms with Crippen LogP contribution >= 0.6 is 11.3 Å². The Balaban J connectivity index is 2.16. The van der Waals surface area contributed by atoms with E-state index in [1.165, 1.54) is 11.3 Å². The van der Waals surface area contributed by atoms with E-state index in [9.17, 15) is 9.90 Å². The predicted octanol–water partition coefficient (Wildman–Crippen LogP) is 2.65. The fraction of sp³-hybridized carbons (Fsp3) is 0.176. The number of ether oxygens (including phenoxy) is 1.